The van der Waals surface area contributed by atoms with Gasteiger partial charge in [-0.15, -0.1) is 0 Å². The third-order valence-corrected chi connectivity index (χ3v) is 2.17. The zero-order valence-corrected chi connectivity index (χ0v) is 9.51. The van der Waals surface area contributed by atoms with E-state index in [9.17, 15) is 4.39 Å². The summed E-state index contributed by atoms with van der Waals surface area (Å²) in [6.45, 7) is 0. The van der Waals surface area contributed by atoms with Crippen molar-refractivity contribution in [1.82, 2.24) is 9.97 Å². The maximum atomic E-state index is 13.3. The van der Waals surface area contributed by atoms with Gasteiger partial charge in [0.2, 0.25) is 0 Å². The molecule has 0 aliphatic rings. The lowest BCUT2D eigenvalue weighted by Crippen LogP contribution is -1.99. The number of nitrogens with zero attached hydrogens (tertiary/aromatic N) is 3. The summed E-state index contributed by atoms with van der Waals surface area (Å²) in [4.78, 5) is 7.82. The highest BCUT2D eigenvalue weighted by molar-refractivity contribution is 5.62. The second kappa shape index (κ2) is 5.10. The van der Waals surface area contributed by atoms with Gasteiger partial charge in [-0.1, -0.05) is 0 Å². The minimum absolute atomic E-state index is 0.140. The predicted octanol–water partition coefficient (Wildman–Crippen LogP) is 2.24. The zero-order chi connectivity index (χ0) is 13.0. The molecule has 1 N–H and O–H groups in total. The molecule has 0 spiro atoms. The van der Waals surface area contributed by atoms with Crippen LogP contribution in [0.5, 0.6) is 5.75 Å². The summed E-state index contributed by atoms with van der Waals surface area (Å²) in [5.41, 5.74) is 0.574. The molecule has 18 heavy (non-hydrogen) atoms. The van der Waals surface area contributed by atoms with Crippen LogP contribution in [0.4, 0.5) is 15.9 Å². The first-order valence-electron chi connectivity index (χ1n) is 5.05. The van der Waals surface area contributed by atoms with Gasteiger partial charge < -0.3 is 10.1 Å². The van der Waals surface area contributed by atoms with Crippen LogP contribution >= 0.6 is 0 Å². The Morgan fingerprint density at radius 1 is 1.28 bits per heavy atom. The third kappa shape index (κ3) is 2.52. The van der Waals surface area contributed by atoms with Crippen LogP contribution in [-0.4, -0.2) is 17.1 Å². The lowest BCUT2D eigenvalue weighted by atomic mass is 10.3. The molecule has 1 heterocycles. The first-order chi connectivity index (χ1) is 8.72. The van der Waals surface area contributed by atoms with Crippen molar-refractivity contribution >= 4 is 11.5 Å². The molecule has 2 aromatic rings. The minimum atomic E-state index is -0.445. The number of benzene rings is 1. The smallest absolute Gasteiger partial charge is 0.183 e. The number of ether oxygens (including phenoxy) is 1. The topological polar surface area (TPSA) is 70.8 Å². The van der Waals surface area contributed by atoms with E-state index in [-0.39, 0.29) is 11.5 Å². The van der Waals surface area contributed by atoms with Gasteiger partial charge in [0.15, 0.2) is 11.5 Å². The quantitative estimate of drug-likeness (QED) is 0.896. The van der Waals surface area contributed by atoms with Gasteiger partial charge in [-0.3, -0.25) is 0 Å². The predicted molar refractivity (Wildman–Crippen MR) is 63.0 cm³/mol. The van der Waals surface area contributed by atoms with Crippen molar-refractivity contribution in [3.05, 3.63) is 42.1 Å². The fourth-order valence-electron chi connectivity index (χ4n) is 1.40. The van der Waals surface area contributed by atoms with Crippen LogP contribution in [0.15, 0.2) is 30.6 Å². The molecule has 0 amide bonds. The van der Waals surface area contributed by atoms with Crippen LogP contribution in [0.1, 0.15) is 5.69 Å². The van der Waals surface area contributed by atoms with Crippen molar-refractivity contribution in [2.24, 2.45) is 0 Å². The van der Waals surface area contributed by atoms with Crippen molar-refractivity contribution in [3.8, 4) is 11.8 Å². The maximum absolute atomic E-state index is 13.3. The normalized spacial score (nSPS) is 9.61. The molecule has 0 atom stereocenters. The number of halogens is 1. The van der Waals surface area contributed by atoms with Gasteiger partial charge in [-0.2, -0.15) is 5.26 Å². The van der Waals surface area contributed by atoms with Gasteiger partial charge >= 0.3 is 0 Å². The van der Waals surface area contributed by atoms with E-state index < -0.39 is 5.82 Å². The van der Waals surface area contributed by atoms with E-state index in [1.807, 2.05) is 6.07 Å². The number of nitriles is 1. The summed E-state index contributed by atoms with van der Waals surface area (Å²) in [5.74, 6) is 0.201. The maximum Gasteiger partial charge on any atom is 0.183 e. The summed E-state index contributed by atoms with van der Waals surface area (Å²) >= 11 is 0. The monoisotopic (exact) mass is 244 g/mol. The lowest BCUT2D eigenvalue weighted by molar-refractivity contribution is 0.411. The van der Waals surface area contributed by atoms with E-state index >= 15 is 0 Å². The largest absolute Gasteiger partial charge is 0.497 e. The van der Waals surface area contributed by atoms with Crippen LogP contribution < -0.4 is 10.1 Å². The van der Waals surface area contributed by atoms with Crippen molar-refractivity contribution in [2.75, 3.05) is 12.4 Å². The summed E-state index contributed by atoms with van der Waals surface area (Å²) in [5, 5.41) is 11.7. The number of methoxy groups -OCH3 is 1. The highest BCUT2D eigenvalue weighted by Crippen LogP contribution is 2.23. The Hall–Kier alpha value is -2.68. The number of nitrogens with one attached hydrogen (secondary N) is 1. The molecular formula is C12H9FN4O. The average molecular weight is 244 g/mol. The van der Waals surface area contributed by atoms with E-state index in [0.717, 1.165) is 0 Å². The number of anilines is 2. The summed E-state index contributed by atoms with van der Waals surface area (Å²) < 4.78 is 18.2. The van der Waals surface area contributed by atoms with E-state index in [2.05, 4.69) is 15.3 Å². The second-order valence-electron chi connectivity index (χ2n) is 3.37. The van der Waals surface area contributed by atoms with Crippen molar-refractivity contribution < 1.29 is 9.13 Å². The van der Waals surface area contributed by atoms with Gasteiger partial charge in [0, 0.05) is 30.2 Å². The fraction of sp³-hybridized carbons (Fsp3) is 0.0833. The zero-order valence-electron chi connectivity index (χ0n) is 9.51. The Morgan fingerprint density at radius 2 is 2.06 bits per heavy atom. The number of rotatable bonds is 3. The molecule has 6 heteroatoms. The average Bonchev–Trinajstić information content (AvgIpc) is 2.38. The fourth-order valence-corrected chi connectivity index (χ4v) is 1.40. The lowest BCUT2D eigenvalue weighted by Gasteiger charge is -2.08. The van der Waals surface area contributed by atoms with Crippen molar-refractivity contribution in [1.29, 1.82) is 5.26 Å². The molecule has 2 rings (SSSR count). The molecule has 1 aromatic heterocycles. The Balaban J connectivity index is 2.34. The highest BCUT2D eigenvalue weighted by Gasteiger charge is 2.06. The first-order valence-corrected chi connectivity index (χ1v) is 5.05. The molecular weight excluding hydrogens is 235 g/mol. The van der Waals surface area contributed by atoms with E-state index in [4.69, 9.17) is 10.00 Å². The van der Waals surface area contributed by atoms with Crippen LogP contribution in [-0.2, 0) is 0 Å². The Kier molecular flexibility index (Phi) is 3.34. The molecule has 1 aromatic carbocycles. The molecule has 5 nitrogen and oxygen atoms in total. The van der Waals surface area contributed by atoms with Crippen molar-refractivity contribution in [2.45, 2.75) is 0 Å². The number of hydrogen-bond donors (Lipinski definition) is 1. The molecule has 0 aliphatic carbocycles. The molecule has 0 bridgehead atoms. The molecule has 0 saturated heterocycles. The first kappa shape index (κ1) is 11.8. The van der Waals surface area contributed by atoms with Gasteiger partial charge in [0.25, 0.3) is 0 Å². The van der Waals surface area contributed by atoms with Gasteiger partial charge in [0.1, 0.15) is 17.6 Å². The van der Waals surface area contributed by atoms with Crippen LogP contribution in [0.25, 0.3) is 0 Å². The molecule has 0 unspecified atom stereocenters. The van der Waals surface area contributed by atoms with E-state index in [1.165, 1.54) is 31.6 Å². The van der Waals surface area contributed by atoms with Crippen LogP contribution in [0.3, 0.4) is 0 Å². The number of aromatic nitrogens is 2. The Morgan fingerprint density at radius 3 is 2.78 bits per heavy atom. The molecule has 0 saturated carbocycles. The summed E-state index contributed by atoms with van der Waals surface area (Å²) in [7, 11) is 1.45. The van der Waals surface area contributed by atoms with Crippen LogP contribution in [0, 0.1) is 17.1 Å². The number of hydrogen-bond acceptors (Lipinski definition) is 5. The van der Waals surface area contributed by atoms with Crippen LogP contribution in [0.2, 0.25) is 0 Å². The molecule has 0 aliphatic heterocycles. The molecule has 0 radical (unpaired) electrons. The van der Waals surface area contributed by atoms with Gasteiger partial charge in [-0.05, 0) is 6.07 Å². The highest BCUT2D eigenvalue weighted by atomic mass is 19.1. The van der Waals surface area contributed by atoms with Gasteiger partial charge in [0.05, 0.1) is 7.11 Å². The molecule has 90 valence electrons. The Labute approximate surface area is 103 Å². The van der Waals surface area contributed by atoms with E-state index in [0.29, 0.717) is 11.4 Å². The summed E-state index contributed by atoms with van der Waals surface area (Å²) in [6, 6.07) is 6.03. The second-order valence-corrected chi connectivity index (χ2v) is 3.37. The standard InChI is InChI=1S/C12H9FN4O/c1-18-10-5-8(13)4-9(6-10)17-12-11(7-14)15-2-3-16-12/h2-6H,1H3,(H,16,17). The Bertz CT molecular complexity index is 609. The van der Waals surface area contributed by atoms with Crippen molar-refractivity contribution in [3.63, 3.8) is 0 Å². The third-order valence-electron chi connectivity index (χ3n) is 2.17. The minimum Gasteiger partial charge on any atom is -0.497 e. The molecule has 0 fully saturated rings. The summed E-state index contributed by atoms with van der Waals surface area (Å²) in [6.07, 6.45) is 2.86. The van der Waals surface area contributed by atoms with E-state index in [1.54, 1.807) is 6.07 Å². The van der Waals surface area contributed by atoms with Gasteiger partial charge in [-0.25, -0.2) is 14.4 Å². The SMILES string of the molecule is COc1cc(F)cc(Nc2nccnc2C#N)c1.